The first-order valence-corrected chi connectivity index (χ1v) is 9.35. The van der Waals surface area contributed by atoms with E-state index in [1.165, 1.54) is 0 Å². The first kappa shape index (κ1) is 18.5. The summed E-state index contributed by atoms with van der Waals surface area (Å²) in [6, 6.07) is 5.63. The Morgan fingerprint density at radius 1 is 1.29 bits per heavy atom. The number of carbonyl (C=O) groups is 1. The Morgan fingerprint density at radius 3 is 2.68 bits per heavy atom. The van der Waals surface area contributed by atoms with Crippen molar-refractivity contribution >= 4 is 16.9 Å². The van der Waals surface area contributed by atoms with Crippen molar-refractivity contribution in [3.8, 4) is 6.07 Å². The van der Waals surface area contributed by atoms with Crippen molar-refractivity contribution in [2.75, 3.05) is 0 Å². The molecule has 1 N–H and O–H groups in total. The van der Waals surface area contributed by atoms with Gasteiger partial charge in [-0.05, 0) is 36.8 Å². The van der Waals surface area contributed by atoms with Gasteiger partial charge in [0.05, 0.1) is 11.1 Å². The van der Waals surface area contributed by atoms with E-state index in [4.69, 9.17) is 0 Å². The second-order valence-electron chi connectivity index (χ2n) is 7.79. The number of halogens is 2. The van der Waals surface area contributed by atoms with Crippen molar-refractivity contribution in [1.29, 1.82) is 5.26 Å². The van der Waals surface area contributed by atoms with Crippen LogP contribution in [0.1, 0.15) is 49.1 Å². The Labute approximate surface area is 161 Å². The third-order valence-corrected chi connectivity index (χ3v) is 5.61. The van der Waals surface area contributed by atoms with Gasteiger partial charge in [0.2, 0.25) is 5.91 Å². The lowest BCUT2D eigenvalue weighted by Crippen LogP contribution is -2.38. The number of amides is 1. The van der Waals surface area contributed by atoms with Crippen LogP contribution >= 0.6 is 0 Å². The molecular weight excluding hydrogens is 362 g/mol. The van der Waals surface area contributed by atoms with E-state index in [-0.39, 0.29) is 30.7 Å². The molecule has 5 nitrogen and oxygen atoms in total. The minimum atomic E-state index is -2.68. The molecule has 1 amide bonds. The van der Waals surface area contributed by atoms with E-state index in [1.54, 1.807) is 18.5 Å². The monoisotopic (exact) mass is 382 g/mol. The van der Waals surface area contributed by atoms with Gasteiger partial charge in [-0.15, -0.1) is 0 Å². The molecule has 1 aromatic carbocycles. The van der Waals surface area contributed by atoms with Crippen LogP contribution in [-0.4, -0.2) is 27.8 Å². The average Bonchev–Trinajstić information content (AvgIpc) is 3.25. The van der Waals surface area contributed by atoms with Gasteiger partial charge >= 0.3 is 0 Å². The molecule has 0 aliphatic heterocycles. The number of fused-ring (bicyclic) bond motifs is 1. The van der Waals surface area contributed by atoms with Crippen LogP contribution < -0.4 is 5.32 Å². The molecule has 0 spiro atoms. The number of nitriles is 1. The number of alkyl halides is 2. The quantitative estimate of drug-likeness (QED) is 0.815. The van der Waals surface area contributed by atoms with E-state index >= 15 is 0 Å². The van der Waals surface area contributed by atoms with Crippen LogP contribution in [0.5, 0.6) is 0 Å². The van der Waals surface area contributed by atoms with Gasteiger partial charge in [0, 0.05) is 37.2 Å². The third kappa shape index (κ3) is 3.59. The van der Waals surface area contributed by atoms with E-state index in [1.807, 2.05) is 6.07 Å². The fourth-order valence-electron chi connectivity index (χ4n) is 4.14. The molecule has 2 aliphatic carbocycles. The third-order valence-electron chi connectivity index (χ3n) is 5.61. The molecule has 2 aliphatic rings. The minimum Gasteiger partial charge on any atom is -0.353 e. The van der Waals surface area contributed by atoms with Crippen molar-refractivity contribution in [1.82, 2.24) is 15.3 Å². The number of hydrogen-bond acceptors (Lipinski definition) is 4. The van der Waals surface area contributed by atoms with Crippen molar-refractivity contribution < 1.29 is 13.6 Å². The molecule has 0 bridgehead atoms. The fraction of sp³-hybridized carbons (Fsp3) is 0.429. The number of benzene rings is 1. The lowest BCUT2D eigenvalue weighted by molar-refractivity contribution is -0.122. The topological polar surface area (TPSA) is 78.7 Å². The molecule has 2 aromatic rings. The van der Waals surface area contributed by atoms with Crippen molar-refractivity contribution in [2.24, 2.45) is 5.92 Å². The molecule has 1 aromatic heterocycles. The predicted molar refractivity (Wildman–Crippen MR) is 99.6 cm³/mol. The zero-order valence-corrected chi connectivity index (χ0v) is 15.3. The molecule has 7 heteroatoms. The van der Waals surface area contributed by atoms with Crippen molar-refractivity contribution in [3.05, 3.63) is 47.8 Å². The molecule has 2 saturated carbocycles. The van der Waals surface area contributed by atoms with E-state index in [2.05, 4.69) is 27.9 Å². The number of nitrogens with one attached hydrogen (secondary N) is 1. The first-order chi connectivity index (χ1) is 13.4. The van der Waals surface area contributed by atoms with Gasteiger partial charge < -0.3 is 5.32 Å². The number of hydrogen-bond donors (Lipinski definition) is 1. The summed E-state index contributed by atoms with van der Waals surface area (Å²) in [7, 11) is 0. The van der Waals surface area contributed by atoms with Gasteiger partial charge in [-0.25, -0.2) is 8.78 Å². The highest BCUT2D eigenvalue weighted by molar-refractivity contribution is 5.84. The Morgan fingerprint density at radius 2 is 2.00 bits per heavy atom. The van der Waals surface area contributed by atoms with Crippen LogP contribution in [-0.2, 0) is 4.79 Å². The highest BCUT2D eigenvalue weighted by atomic mass is 19.3. The SMILES string of the molecule is C=C1CC(NC(=O)CC2CC2(F)F)C[C@@H](c2ccc(C#N)c3nccnc23)C1. The maximum atomic E-state index is 13.1. The molecule has 1 heterocycles. The Balaban J connectivity index is 1.53. The first-order valence-electron chi connectivity index (χ1n) is 9.35. The highest BCUT2D eigenvalue weighted by Gasteiger charge is 2.57. The lowest BCUT2D eigenvalue weighted by atomic mass is 9.78. The molecule has 28 heavy (non-hydrogen) atoms. The summed E-state index contributed by atoms with van der Waals surface area (Å²) >= 11 is 0. The molecule has 2 fully saturated rings. The fourth-order valence-corrected chi connectivity index (χ4v) is 4.14. The van der Waals surface area contributed by atoms with Crippen LogP contribution in [0.2, 0.25) is 0 Å². The predicted octanol–water partition coefficient (Wildman–Crippen LogP) is 3.86. The van der Waals surface area contributed by atoms with Crippen LogP contribution in [0, 0.1) is 17.2 Å². The summed E-state index contributed by atoms with van der Waals surface area (Å²) in [4.78, 5) is 20.9. The lowest BCUT2D eigenvalue weighted by Gasteiger charge is -2.32. The van der Waals surface area contributed by atoms with Gasteiger partial charge in [-0.3, -0.25) is 14.8 Å². The number of nitrogens with zero attached hydrogens (tertiary/aromatic N) is 3. The highest BCUT2D eigenvalue weighted by Crippen LogP contribution is 2.50. The van der Waals surface area contributed by atoms with Crippen molar-refractivity contribution in [3.63, 3.8) is 0 Å². The summed E-state index contributed by atoms with van der Waals surface area (Å²) in [6.07, 6.45) is 4.89. The zero-order chi connectivity index (χ0) is 19.9. The molecule has 2 unspecified atom stereocenters. The van der Waals surface area contributed by atoms with E-state index in [9.17, 15) is 18.8 Å². The molecule has 3 atom stereocenters. The largest absolute Gasteiger partial charge is 0.353 e. The average molecular weight is 382 g/mol. The number of rotatable bonds is 4. The zero-order valence-electron chi connectivity index (χ0n) is 15.3. The van der Waals surface area contributed by atoms with Gasteiger partial charge in [0.1, 0.15) is 11.6 Å². The van der Waals surface area contributed by atoms with Crippen LogP contribution in [0.4, 0.5) is 8.78 Å². The van der Waals surface area contributed by atoms with Crippen LogP contribution in [0.3, 0.4) is 0 Å². The summed E-state index contributed by atoms with van der Waals surface area (Å²) in [5, 5.41) is 12.2. The second-order valence-corrected chi connectivity index (χ2v) is 7.79. The Bertz CT molecular complexity index is 998. The minimum absolute atomic E-state index is 0.0702. The summed E-state index contributed by atoms with van der Waals surface area (Å²) < 4.78 is 26.1. The van der Waals surface area contributed by atoms with Gasteiger partial charge in [-0.2, -0.15) is 5.26 Å². The van der Waals surface area contributed by atoms with E-state index in [0.717, 1.165) is 17.6 Å². The molecule has 144 valence electrons. The van der Waals surface area contributed by atoms with Crippen molar-refractivity contribution in [2.45, 2.75) is 50.0 Å². The number of carbonyl (C=O) groups excluding carboxylic acids is 1. The van der Waals surface area contributed by atoms with Crippen LogP contribution in [0.15, 0.2) is 36.7 Å². The van der Waals surface area contributed by atoms with Crippen LogP contribution in [0.25, 0.3) is 11.0 Å². The van der Waals surface area contributed by atoms with Gasteiger partial charge in [-0.1, -0.05) is 18.2 Å². The second kappa shape index (κ2) is 6.93. The summed E-state index contributed by atoms with van der Waals surface area (Å²) in [5.41, 5.74) is 3.69. The molecule has 0 radical (unpaired) electrons. The standard InChI is InChI=1S/C21H20F2N4O/c1-12-6-14(8-16(7-12)27-18(28)9-15-10-21(15,22)23)17-3-2-13(11-24)19-20(17)26-5-4-25-19/h2-5,14-16H,1,6-10H2,(H,27,28)/t14-,15?,16?/m0/s1. The molecule has 0 saturated heterocycles. The van der Waals surface area contributed by atoms with E-state index < -0.39 is 11.8 Å². The van der Waals surface area contributed by atoms with E-state index in [0.29, 0.717) is 29.4 Å². The smallest absolute Gasteiger partial charge is 0.252 e. The normalized spacial score (nSPS) is 25.9. The Kier molecular flexibility index (Phi) is 4.58. The van der Waals surface area contributed by atoms with Gasteiger partial charge in [0.25, 0.3) is 5.92 Å². The Hall–Kier alpha value is -2.88. The summed E-state index contributed by atoms with van der Waals surface area (Å²) in [5.74, 6) is -3.77. The maximum Gasteiger partial charge on any atom is 0.252 e. The summed E-state index contributed by atoms with van der Waals surface area (Å²) in [6.45, 7) is 4.10. The maximum absolute atomic E-state index is 13.1. The van der Waals surface area contributed by atoms with Gasteiger partial charge in [0.15, 0.2) is 0 Å². The molecule has 4 rings (SSSR count). The molecular formula is C21H20F2N4O. The number of aromatic nitrogens is 2.